The van der Waals surface area contributed by atoms with E-state index in [2.05, 4.69) is 25.1 Å². The van der Waals surface area contributed by atoms with E-state index in [-0.39, 0.29) is 5.91 Å². The minimum Gasteiger partial charge on any atom is -0.475 e. The van der Waals surface area contributed by atoms with Gasteiger partial charge in [-0.1, -0.05) is 29.3 Å². The number of aromatic nitrogens is 2. The van der Waals surface area contributed by atoms with Crippen LogP contribution >= 0.6 is 23.2 Å². The Bertz CT molecular complexity index is 1210. The molecular weight excluding hydrogens is 522 g/mol. The zero-order chi connectivity index (χ0) is 26.3. The predicted molar refractivity (Wildman–Crippen MR) is 131 cm³/mol. The molecule has 1 saturated heterocycles. The standard InChI is InChI=1S/C21H19Cl2N5O.C2HF3O2/c22-16-2-1-3-17(13-16)26-21(29)15-12-19(23)20(25-14-15)28-10-8-27(9-11-28)18-4-6-24-7-5-18;3-2(4,5)1(6)7/h1-7,12-14H,8-11H2,(H,26,29);(H,6,7). The Morgan fingerprint density at radius 2 is 1.58 bits per heavy atom. The molecule has 3 aromatic rings. The molecule has 2 aromatic heterocycles. The lowest BCUT2D eigenvalue weighted by atomic mass is 10.2. The number of carbonyl (C=O) groups is 2. The number of anilines is 3. The molecule has 0 unspecified atom stereocenters. The number of amides is 1. The second kappa shape index (κ2) is 11.9. The van der Waals surface area contributed by atoms with E-state index in [0.29, 0.717) is 27.1 Å². The highest BCUT2D eigenvalue weighted by Gasteiger charge is 2.38. The van der Waals surface area contributed by atoms with E-state index in [0.717, 1.165) is 31.9 Å². The molecule has 0 bridgehead atoms. The first-order chi connectivity index (χ1) is 17.0. The number of nitrogens with zero attached hydrogens (tertiary/aromatic N) is 4. The van der Waals surface area contributed by atoms with Crippen LogP contribution in [0.1, 0.15) is 10.4 Å². The third-order valence-electron chi connectivity index (χ3n) is 5.02. The number of aliphatic carboxylic acids is 1. The van der Waals surface area contributed by atoms with Crippen LogP contribution in [0.4, 0.5) is 30.4 Å². The number of benzene rings is 1. The number of carbonyl (C=O) groups excluding carboxylic acids is 1. The van der Waals surface area contributed by atoms with E-state index in [1.165, 1.54) is 0 Å². The Morgan fingerprint density at radius 1 is 0.972 bits per heavy atom. The summed E-state index contributed by atoms with van der Waals surface area (Å²) in [5.74, 6) is -2.34. The second-order valence-corrected chi connectivity index (χ2v) is 8.32. The number of halogens is 5. The highest BCUT2D eigenvalue weighted by Crippen LogP contribution is 2.27. The van der Waals surface area contributed by atoms with Crippen molar-refractivity contribution < 1.29 is 27.9 Å². The Hall–Kier alpha value is -3.57. The molecule has 0 radical (unpaired) electrons. The maximum Gasteiger partial charge on any atom is 0.490 e. The number of nitrogens with one attached hydrogen (secondary N) is 1. The zero-order valence-corrected chi connectivity index (χ0v) is 20.1. The molecule has 190 valence electrons. The third-order valence-corrected chi connectivity index (χ3v) is 5.53. The topological polar surface area (TPSA) is 98.7 Å². The van der Waals surface area contributed by atoms with Crippen LogP contribution in [-0.2, 0) is 4.79 Å². The number of carboxylic acids is 1. The summed E-state index contributed by atoms with van der Waals surface area (Å²) < 4.78 is 31.7. The maximum atomic E-state index is 12.5. The molecule has 1 aliphatic heterocycles. The van der Waals surface area contributed by atoms with E-state index in [4.69, 9.17) is 33.1 Å². The lowest BCUT2D eigenvalue weighted by Gasteiger charge is -2.37. The summed E-state index contributed by atoms with van der Waals surface area (Å²) in [5, 5.41) is 10.9. The van der Waals surface area contributed by atoms with Gasteiger partial charge in [-0.05, 0) is 36.4 Å². The molecule has 0 spiro atoms. The van der Waals surface area contributed by atoms with E-state index in [9.17, 15) is 18.0 Å². The van der Waals surface area contributed by atoms with Gasteiger partial charge in [-0.3, -0.25) is 9.78 Å². The molecule has 13 heteroatoms. The number of carboxylic acid groups (broad SMARTS) is 1. The van der Waals surface area contributed by atoms with Crippen LogP contribution < -0.4 is 15.1 Å². The largest absolute Gasteiger partial charge is 0.490 e. The first-order valence-corrected chi connectivity index (χ1v) is 11.2. The average Bonchev–Trinajstić information content (AvgIpc) is 2.84. The van der Waals surface area contributed by atoms with Gasteiger partial charge in [0, 0.05) is 61.2 Å². The van der Waals surface area contributed by atoms with E-state index in [1.807, 2.05) is 12.1 Å². The average molecular weight is 542 g/mol. The summed E-state index contributed by atoms with van der Waals surface area (Å²) in [6.07, 6.45) is 0.0664. The van der Waals surface area contributed by atoms with Gasteiger partial charge >= 0.3 is 12.1 Å². The first-order valence-electron chi connectivity index (χ1n) is 10.5. The van der Waals surface area contributed by atoms with Crippen molar-refractivity contribution in [2.45, 2.75) is 6.18 Å². The quantitative estimate of drug-likeness (QED) is 0.479. The fourth-order valence-corrected chi connectivity index (χ4v) is 3.76. The molecule has 0 saturated carbocycles. The molecule has 1 fully saturated rings. The van der Waals surface area contributed by atoms with Crippen LogP contribution in [-0.4, -0.2) is 59.3 Å². The molecular formula is C23H20Cl2F3N5O3. The molecule has 0 atom stereocenters. The van der Waals surface area contributed by atoms with Gasteiger partial charge in [-0.15, -0.1) is 0 Å². The van der Waals surface area contributed by atoms with Crippen LogP contribution in [0.15, 0.2) is 61.1 Å². The number of hydrogen-bond donors (Lipinski definition) is 2. The van der Waals surface area contributed by atoms with Crippen LogP contribution in [0.5, 0.6) is 0 Å². The van der Waals surface area contributed by atoms with E-state index < -0.39 is 12.1 Å². The van der Waals surface area contributed by atoms with Gasteiger partial charge in [-0.25, -0.2) is 9.78 Å². The maximum absolute atomic E-state index is 12.5. The second-order valence-electron chi connectivity index (χ2n) is 7.48. The Labute approximate surface area is 214 Å². The van der Waals surface area contributed by atoms with Gasteiger partial charge in [0.1, 0.15) is 5.82 Å². The summed E-state index contributed by atoms with van der Waals surface area (Å²) in [6.45, 7) is 3.31. The summed E-state index contributed by atoms with van der Waals surface area (Å²) >= 11 is 12.4. The number of piperazine rings is 1. The number of alkyl halides is 3. The Balaban J connectivity index is 0.000000454. The van der Waals surface area contributed by atoms with Gasteiger partial charge in [0.2, 0.25) is 0 Å². The zero-order valence-electron chi connectivity index (χ0n) is 18.5. The molecule has 4 rings (SSSR count). The Kier molecular flexibility index (Phi) is 8.94. The van der Waals surface area contributed by atoms with Crippen LogP contribution in [0, 0.1) is 0 Å². The van der Waals surface area contributed by atoms with E-state index >= 15 is 0 Å². The normalized spacial score (nSPS) is 13.5. The molecule has 36 heavy (non-hydrogen) atoms. The fourth-order valence-electron chi connectivity index (χ4n) is 3.29. The number of pyridine rings is 2. The van der Waals surface area contributed by atoms with Crippen molar-refractivity contribution in [2.24, 2.45) is 0 Å². The van der Waals surface area contributed by atoms with Gasteiger partial charge in [0.05, 0.1) is 10.6 Å². The smallest absolute Gasteiger partial charge is 0.475 e. The fraction of sp³-hybridized carbons (Fsp3) is 0.217. The van der Waals surface area contributed by atoms with E-state index in [1.54, 1.807) is 48.9 Å². The summed E-state index contributed by atoms with van der Waals surface area (Å²) in [4.78, 5) is 34.3. The summed E-state index contributed by atoms with van der Waals surface area (Å²) in [5.41, 5.74) is 2.18. The summed E-state index contributed by atoms with van der Waals surface area (Å²) in [6, 6.07) is 12.7. The van der Waals surface area contributed by atoms with Crippen molar-refractivity contribution in [2.75, 3.05) is 41.3 Å². The van der Waals surface area contributed by atoms with Crippen molar-refractivity contribution in [3.8, 4) is 0 Å². The molecule has 3 heterocycles. The molecule has 1 amide bonds. The molecule has 2 N–H and O–H groups in total. The van der Waals surface area contributed by atoms with Crippen LogP contribution in [0.2, 0.25) is 10.0 Å². The van der Waals surface area contributed by atoms with Crippen LogP contribution in [0.3, 0.4) is 0 Å². The third kappa shape index (κ3) is 7.46. The lowest BCUT2D eigenvalue weighted by Crippen LogP contribution is -2.47. The van der Waals surface area contributed by atoms with Crippen molar-refractivity contribution in [3.63, 3.8) is 0 Å². The van der Waals surface area contributed by atoms with Gasteiger partial charge in [-0.2, -0.15) is 13.2 Å². The minimum atomic E-state index is -5.08. The highest BCUT2D eigenvalue weighted by atomic mass is 35.5. The van der Waals surface area contributed by atoms with Gasteiger partial charge in [0.15, 0.2) is 0 Å². The molecule has 8 nitrogen and oxygen atoms in total. The molecule has 1 aromatic carbocycles. The van der Waals surface area contributed by atoms with Crippen molar-refractivity contribution >= 4 is 52.3 Å². The first kappa shape index (κ1) is 27.0. The SMILES string of the molecule is O=C(Nc1cccc(Cl)c1)c1cnc(N2CCN(c3ccncc3)CC2)c(Cl)c1.O=C(O)C(F)(F)F. The minimum absolute atomic E-state index is 0.282. The van der Waals surface area contributed by atoms with Crippen LogP contribution in [0.25, 0.3) is 0 Å². The summed E-state index contributed by atoms with van der Waals surface area (Å²) in [7, 11) is 0. The number of rotatable bonds is 4. The van der Waals surface area contributed by atoms with Crippen molar-refractivity contribution in [1.82, 2.24) is 9.97 Å². The van der Waals surface area contributed by atoms with Gasteiger partial charge < -0.3 is 20.2 Å². The van der Waals surface area contributed by atoms with Crippen molar-refractivity contribution in [1.29, 1.82) is 0 Å². The lowest BCUT2D eigenvalue weighted by molar-refractivity contribution is -0.192. The monoisotopic (exact) mass is 541 g/mol. The van der Waals surface area contributed by atoms with Gasteiger partial charge in [0.25, 0.3) is 5.91 Å². The molecule has 1 aliphatic rings. The van der Waals surface area contributed by atoms with Crippen molar-refractivity contribution in [3.05, 3.63) is 76.7 Å². The predicted octanol–water partition coefficient (Wildman–Crippen LogP) is 5.00. The Morgan fingerprint density at radius 3 is 2.14 bits per heavy atom. The number of hydrogen-bond acceptors (Lipinski definition) is 6. The highest BCUT2D eigenvalue weighted by molar-refractivity contribution is 6.33. The molecule has 0 aliphatic carbocycles.